The van der Waals surface area contributed by atoms with Gasteiger partial charge in [0.25, 0.3) is 5.91 Å². The molecule has 9 nitrogen and oxygen atoms in total. The SMILES string of the molecule is CNC(=O)c1cc(F)c(F)c(-c2cnn3cc(-c4cnc(C)o4)c(N[C@H]4CCOC4)nc23)c1. The molecule has 1 aromatic carbocycles. The molecule has 1 atom stereocenters. The molecule has 5 rings (SSSR count). The first kappa shape index (κ1) is 21.0. The predicted molar refractivity (Wildman–Crippen MR) is 115 cm³/mol. The average Bonchev–Trinajstić information content (AvgIpc) is 3.56. The molecule has 0 bridgehead atoms. The van der Waals surface area contributed by atoms with Gasteiger partial charge >= 0.3 is 0 Å². The molecule has 11 heteroatoms. The van der Waals surface area contributed by atoms with Gasteiger partial charge in [0.05, 0.1) is 30.6 Å². The van der Waals surface area contributed by atoms with Crippen LogP contribution >= 0.6 is 0 Å². The Morgan fingerprint density at radius 3 is 2.76 bits per heavy atom. The number of amides is 1. The summed E-state index contributed by atoms with van der Waals surface area (Å²) in [5.41, 5.74) is 0.998. The van der Waals surface area contributed by atoms with E-state index in [1.807, 2.05) is 0 Å². The first-order chi connectivity index (χ1) is 15.9. The largest absolute Gasteiger partial charge is 0.441 e. The monoisotopic (exact) mass is 454 g/mol. The predicted octanol–water partition coefficient (Wildman–Crippen LogP) is 3.20. The Labute approximate surface area is 186 Å². The van der Waals surface area contributed by atoms with Gasteiger partial charge in [-0.3, -0.25) is 4.79 Å². The van der Waals surface area contributed by atoms with E-state index in [4.69, 9.17) is 9.15 Å². The summed E-state index contributed by atoms with van der Waals surface area (Å²) in [6.07, 6.45) is 5.44. The van der Waals surface area contributed by atoms with Crippen LogP contribution in [0.25, 0.3) is 28.1 Å². The number of benzene rings is 1. The third kappa shape index (κ3) is 3.80. The minimum Gasteiger partial charge on any atom is -0.441 e. The number of anilines is 1. The van der Waals surface area contributed by atoms with Crippen molar-refractivity contribution in [3.05, 3.63) is 53.8 Å². The molecule has 4 aromatic rings. The van der Waals surface area contributed by atoms with Gasteiger partial charge in [-0.05, 0) is 18.6 Å². The molecule has 0 spiro atoms. The van der Waals surface area contributed by atoms with Crippen LogP contribution in [0.15, 0.2) is 35.1 Å². The number of ether oxygens (including phenoxy) is 1. The number of hydrogen-bond donors (Lipinski definition) is 2. The lowest BCUT2D eigenvalue weighted by molar-refractivity contribution is 0.0962. The zero-order valence-corrected chi connectivity index (χ0v) is 17.9. The van der Waals surface area contributed by atoms with Crippen LogP contribution in [-0.4, -0.2) is 51.8 Å². The van der Waals surface area contributed by atoms with E-state index in [0.29, 0.717) is 36.2 Å². The molecule has 3 aromatic heterocycles. The van der Waals surface area contributed by atoms with E-state index in [1.54, 1.807) is 19.3 Å². The van der Waals surface area contributed by atoms with Crippen LogP contribution in [0, 0.1) is 18.6 Å². The maximum absolute atomic E-state index is 14.8. The minimum atomic E-state index is -1.14. The van der Waals surface area contributed by atoms with Crippen molar-refractivity contribution >= 4 is 17.4 Å². The Kier molecular flexibility index (Phi) is 5.25. The van der Waals surface area contributed by atoms with Gasteiger partial charge in [0.2, 0.25) is 0 Å². The second-order valence-electron chi connectivity index (χ2n) is 7.68. The molecule has 2 N–H and O–H groups in total. The van der Waals surface area contributed by atoms with Gasteiger partial charge in [0.15, 0.2) is 28.9 Å². The lowest BCUT2D eigenvalue weighted by atomic mass is 10.0. The summed E-state index contributed by atoms with van der Waals surface area (Å²) in [6.45, 7) is 2.88. The van der Waals surface area contributed by atoms with Crippen LogP contribution in [-0.2, 0) is 4.74 Å². The van der Waals surface area contributed by atoms with E-state index in [-0.39, 0.29) is 28.4 Å². The second kappa shape index (κ2) is 8.24. The lowest BCUT2D eigenvalue weighted by Gasteiger charge is -2.15. The van der Waals surface area contributed by atoms with Crippen LogP contribution in [0.2, 0.25) is 0 Å². The van der Waals surface area contributed by atoms with Crippen molar-refractivity contribution in [2.24, 2.45) is 0 Å². The van der Waals surface area contributed by atoms with Gasteiger partial charge in [0.1, 0.15) is 5.82 Å². The van der Waals surface area contributed by atoms with Crippen LogP contribution in [0.3, 0.4) is 0 Å². The number of carbonyl (C=O) groups excluding carboxylic acids is 1. The highest BCUT2D eigenvalue weighted by molar-refractivity contribution is 5.96. The van der Waals surface area contributed by atoms with Crippen molar-refractivity contribution in [3.8, 4) is 22.5 Å². The first-order valence-electron chi connectivity index (χ1n) is 10.3. The van der Waals surface area contributed by atoms with Crippen molar-refractivity contribution in [3.63, 3.8) is 0 Å². The second-order valence-corrected chi connectivity index (χ2v) is 7.68. The van der Waals surface area contributed by atoms with Gasteiger partial charge in [-0.15, -0.1) is 0 Å². The lowest BCUT2D eigenvalue weighted by Crippen LogP contribution is -2.20. The number of carbonyl (C=O) groups is 1. The maximum atomic E-state index is 14.8. The number of nitrogens with one attached hydrogen (secondary N) is 2. The first-order valence-corrected chi connectivity index (χ1v) is 10.3. The summed E-state index contributed by atoms with van der Waals surface area (Å²) >= 11 is 0. The average molecular weight is 454 g/mol. The number of aromatic nitrogens is 4. The van der Waals surface area contributed by atoms with Crippen molar-refractivity contribution < 1.29 is 22.7 Å². The number of oxazole rings is 1. The fourth-order valence-corrected chi connectivity index (χ4v) is 3.78. The molecule has 1 amide bonds. The number of halogens is 2. The molecule has 1 fully saturated rings. The summed E-state index contributed by atoms with van der Waals surface area (Å²) < 4.78 is 41.7. The normalized spacial score (nSPS) is 15.8. The molecule has 170 valence electrons. The highest BCUT2D eigenvalue weighted by atomic mass is 19.2. The zero-order chi connectivity index (χ0) is 23.1. The van der Waals surface area contributed by atoms with Crippen LogP contribution < -0.4 is 10.6 Å². The van der Waals surface area contributed by atoms with Crippen molar-refractivity contribution in [2.75, 3.05) is 25.6 Å². The molecule has 1 aliphatic rings. The Morgan fingerprint density at radius 2 is 2.06 bits per heavy atom. The van der Waals surface area contributed by atoms with Gasteiger partial charge in [0, 0.05) is 43.5 Å². The molecule has 0 aliphatic carbocycles. The van der Waals surface area contributed by atoms with Gasteiger partial charge in [-0.2, -0.15) is 5.10 Å². The molecule has 0 radical (unpaired) electrons. The smallest absolute Gasteiger partial charge is 0.251 e. The molecule has 33 heavy (non-hydrogen) atoms. The topological polar surface area (TPSA) is 107 Å². The third-order valence-electron chi connectivity index (χ3n) is 5.46. The zero-order valence-electron chi connectivity index (χ0n) is 17.9. The van der Waals surface area contributed by atoms with E-state index in [0.717, 1.165) is 12.5 Å². The van der Waals surface area contributed by atoms with E-state index in [1.165, 1.54) is 23.8 Å². The molecular formula is C22H20F2N6O3. The summed E-state index contributed by atoms with van der Waals surface area (Å²) in [4.78, 5) is 20.9. The number of fused-ring (bicyclic) bond motifs is 1. The van der Waals surface area contributed by atoms with Crippen LogP contribution in [0.1, 0.15) is 22.7 Å². The Hall–Kier alpha value is -3.86. The molecule has 0 saturated carbocycles. The number of nitrogens with zero attached hydrogens (tertiary/aromatic N) is 4. The van der Waals surface area contributed by atoms with Crippen molar-refractivity contribution in [1.29, 1.82) is 0 Å². The van der Waals surface area contributed by atoms with Crippen molar-refractivity contribution in [1.82, 2.24) is 24.9 Å². The fraction of sp³-hybridized carbons (Fsp3) is 0.273. The summed E-state index contributed by atoms with van der Waals surface area (Å²) in [7, 11) is 1.41. The molecule has 0 unspecified atom stereocenters. The quantitative estimate of drug-likeness (QED) is 0.477. The van der Waals surface area contributed by atoms with Gasteiger partial charge in [-0.25, -0.2) is 23.3 Å². The number of rotatable bonds is 5. The number of hydrogen-bond acceptors (Lipinski definition) is 7. The molecule has 4 heterocycles. The van der Waals surface area contributed by atoms with Crippen LogP contribution in [0.5, 0.6) is 0 Å². The highest BCUT2D eigenvalue weighted by Gasteiger charge is 2.23. The third-order valence-corrected chi connectivity index (χ3v) is 5.46. The summed E-state index contributed by atoms with van der Waals surface area (Å²) in [5, 5.41) is 10.0. The Morgan fingerprint density at radius 1 is 1.21 bits per heavy atom. The maximum Gasteiger partial charge on any atom is 0.251 e. The molecule has 1 aliphatic heterocycles. The fourth-order valence-electron chi connectivity index (χ4n) is 3.78. The van der Waals surface area contributed by atoms with E-state index >= 15 is 0 Å². The minimum absolute atomic E-state index is 0.0130. The van der Waals surface area contributed by atoms with Gasteiger partial charge < -0.3 is 19.8 Å². The van der Waals surface area contributed by atoms with Crippen LogP contribution in [0.4, 0.5) is 14.6 Å². The Bertz CT molecular complexity index is 1360. The summed E-state index contributed by atoms with van der Waals surface area (Å²) in [5.74, 6) is -1.32. The van der Waals surface area contributed by atoms with E-state index in [2.05, 4.69) is 25.7 Å². The molecular weight excluding hydrogens is 434 g/mol. The van der Waals surface area contributed by atoms with Crippen molar-refractivity contribution in [2.45, 2.75) is 19.4 Å². The highest BCUT2D eigenvalue weighted by Crippen LogP contribution is 2.33. The standard InChI is InChI=1S/C22H20F2N6O3/c1-11-26-8-18(33-11)16-9-30-21(29-20(16)28-13-3-4-32-10-13)15(7-27-30)14-5-12(22(31)25-2)6-17(23)19(14)24/h5-9,13H,3-4,10H2,1-2H3,(H,25,31)(H,28,29)/t13-/m0/s1. The Balaban J connectivity index is 1.68. The number of aryl methyl sites for hydroxylation is 1. The van der Waals surface area contributed by atoms with Gasteiger partial charge in [-0.1, -0.05) is 0 Å². The van der Waals surface area contributed by atoms with E-state index in [9.17, 15) is 13.6 Å². The molecule has 1 saturated heterocycles. The summed E-state index contributed by atoms with van der Waals surface area (Å²) in [6, 6.07) is 2.16. The van der Waals surface area contributed by atoms with E-state index < -0.39 is 17.5 Å².